The van der Waals surface area contributed by atoms with Crippen LogP contribution in [0.4, 0.5) is 4.39 Å². The molecule has 0 spiro atoms. The van der Waals surface area contributed by atoms with Crippen LogP contribution < -0.4 is 0 Å². The van der Waals surface area contributed by atoms with Crippen LogP contribution in [0, 0.1) is 5.82 Å². The summed E-state index contributed by atoms with van der Waals surface area (Å²) in [4.78, 5) is 4.97. The van der Waals surface area contributed by atoms with Crippen LogP contribution in [0.2, 0.25) is 5.02 Å². The highest BCUT2D eigenvalue weighted by atomic mass is 79.9. The van der Waals surface area contributed by atoms with Crippen LogP contribution >= 0.6 is 39.3 Å². The molecule has 0 saturated carbocycles. The number of hydrogen-bond acceptors (Lipinski definition) is 2. The lowest BCUT2D eigenvalue weighted by molar-refractivity contribution is 0.624. The van der Waals surface area contributed by atoms with Crippen molar-refractivity contribution in [2.45, 2.75) is 9.92 Å². The molecule has 0 aliphatic carbocycles. The molecule has 1 aromatic heterocycles. The zero-order valence-corrected chi connectivity index (χ0v) is 11.1. The van der Waals surface area contributed by atoms with Crippen LogP contribution in [0.25, 0.3) is 0 Å². The topological polar surface area (TPSA) is 12.9 Å². The molecule has 1 heterocycles. The average molecular weight is 319 g/mol. The van der Waals surface area contributed by atoms with E-state index < -0.39 is 0 Å². The fraction of sp³-hybridized carbons (Fsp3) is 0. The van der Waals surface area contributed by atoms with E-state index in [4.69, 9.17) is 11.6 Å². The van der Waals surface area contributed by atoms with Crippen LogP contribution in [-0.2, 0) is 0 Å². The van der Waals surface area contributed by atoms with Crippen LogP contribution in [0.5, 0.6) is 0 Å². The second kappa shape index (κ2) is 5.17. The minimum Gasteiger partial charge on any atom is -0.247 e. The zero-order valence-electron chi connectivity index (χ0n) is 7.95. The molecular weight excluding hydrogens is 313 g/mol. The standard InChI is InChI=1S/C11H6BrClFNS/c12-10-4-7(13)6-15-11(10)16-9-3-1-2-8(14)5-9/h1-6H. The Labute approximate surface area is 110 Å². The fourth-order valence-electron chi connectivity index (χ4n) is 1.12. The van der Waals surface area contributed by atoms with Crippen LogP contribution in [0.15, 0.2) is 50.9 Å². The van der Waals surface area contributed by atoms with Crippen molar-refractivity contribution in [1.29, 1.82) is 0 Å². The van der Waals surface area contributed by atoms with Crippen molar-refractivity contribution in [3.8, 4) is 0 Å². The second-order valence-electron chi connectivity index (χ2n) is 3.00. The number of benzene rings is 1. The normalized spacial score (nSPS) is 10.4. The first-order valence-electron chi connectivity index (χ1n) is 4.39. The van der Waals surface area contributed by atoms with Gasteiger partial charge in [0.2, 0.25) is 0 Å². The molecule has 0 bridgehead atoms. The van der Waals surface area contributed by atoms with Gasteiger partial charge in [0.25, 0.3) is 0 Å². The van der Waals surface area contributed by atoms with Gasteiger partial charge in [-0.2, -0.15) is 0 Å². The minimum atomic E-state index is -0.255. The first-order valence-corrected chi connectivity index (χ1v) is 6.38. The molecule has 82 valence electrons. The van der Waals surface area contributed by atoms with E-state index in [0.29, 0.717) is 5.02 Å². The van der Waals surface area contributed by atoms with Gasteiger partial charge in [0.05, 0.1) is 9.50 Å². The predicted molar refractivity (Wildman–Crippen MR) is 67.5 cm³/mol. The Kier molecular flexibility index (Phi) is 3.84. The van der Waals surface area contributed by atoms with E-state index in [9.17, 15) is 4.39 Å². The van der Waals surface area contributed by atoms with Gasteiger partial charge in [-0.15, -0.1) is 0 Å². The van der Waals surface area contributed by atoms with Gasteiger partial charge >= 0.3 is 0 Å². The van der Waals surface area contributed by atoms with Gasteiger partial charge in [-0.1, -0.05) is 29.4 Å². The van der Waals surface area contributed by atoms with Gasteiger partial charge in [-0.25, -0.2) is 9.37 Å². The Morgan fingerprint density at radius 1 is 1.31 bits per heavy atom. The lowest BCUT2D eigenvalue weighted by Crippen LogP contribution is -1.82. The SMILES string of the molecule is Fc1cccc(Sc2ncc(Cl)cc2Br)c1. The Bertz CT molecular complexity index is 521. The summed E-state index contributed by atoms with van der Waals surface area (Å²) < 4.78 is 13.8. The molecular formula is C11H6BrClFNS. The molecule has 1 nitrogen and oxygen atoms in total. The van der Waals surface area contributed by atoms with Crippen molar-refractivity contribution in [2.24, 2.45) is 0 Å². The Morgan fingerprint density at radius 2 is 2.12 bits per heavy atom. The van der Waals surface area contributed by atoms with E-state index in [1.54, 1.807) is 18.3 Å². The Morgan fingerprint density at radius 3 is 2.81 bits per heavy atom. The molecule has 2 rings (SSSR count). The van der Waals surface area contributed by atoms with Gasteiger partial charge in [0.15, 0.2) is 0 Å². The van der Waals surface area contributed by atoms with Crippen LogP contribution in [0.1, 0.15) is 0 Å². The third-order valence-corrected chi connectivity index (χ3v) is 3.87. The van der Waals surface area contributed by atoms with Crippen molar-refractivity contribution in [2.75, 3.05) is 0 Å². The van der Waals surface area contributed by atoms with Crippen molar-refractivity contribution in [1.82, 2.24) is 4.98 Å². The molecule has 0 amide bonds. The molecule has 16 heavy (non-hydrogen) atoms. The number of halogens is 3. The Balaban J connectivity index is 2.27. The molecule has 0 radical (unpaired) electrons. The number of nitrogens with zero attached hydrogens (tertiary/aromatic N) is 1. The van der Waals surface area contributed by atoms with E-state index in [2.05, 4.69) is 20.9 Å². The van der Waals surface area contributed by atoms with Crippen LogP contribution in [0.3, 0.4) is 0 Å². The van der Waals surface area contributed by atoms with Gasteiger partial charge in [-0.05, 0) is 40.2 Å². The summed E-state index contributed by atoms with van der Waals surface area (Å²) in [6, 6.07) is 8.13. The van der Waals surface area contributed by atoms with Gasteiger partial charge in [0.1, 0.15) is 10.8 Å². The average Bonchev–Trinajstić information content (AvgIpc) is 2.22. The lowest BCUT2D eigenvalue weighted by atomic mass is 10.4. The second-order valence-corrected chi connectivity index (χ2v) is 5.35. The molecule has 0 atom stereocenters. The van der Waals surface area contributed by atoms with Gasteiger partial charge < -0.3 is 0 Å². The van der Waals surface area contributed by atoms with Crippen molar-refractivity contribution in [3.63, 3.8) is 0 Å². The first-order chi connectivity index (χ1) is 7.65. The van der Waals surface area contributed by atoms with Crippen molar-refractivity contribution in [3.05, 3.63) is 51.8 Å². The highest BCUT2D eigenvalue weighted by molar-refractivity contribution is 9.10. The maximum Gasteiger partial charge on any atom is 0.124 e. The summed E-state index contributed by atoms with van der Waals surface area (Å²) in [5, 5.41) is 1.32. The maximum atomic E-state index is 13.0. The molecule has 0 fully saturated rings. The quantitative estimate of drug-likeness (QED) is 0.790. The monoisotopic (exact) mass is 317 g/mol. The number of aromatic nitrogens is 1. The summed E-state index contributed by atoms with van der Waals surface area (Å²) in [7, 11) is 0. The third kappa shape index (κ3) is 2.97. The molecule has 0 unspecified atom stereocenters. The number of hydrogen-bond donors (Lipinski definition) is 0. The summed E-state index contributed by atoms with van der Waals surface area (Å²) >= 11 is 10.5. The molecule has 0 aliphatic heterocycles. The molecule has 0 aliphatic rings. The van der Waals surface area contributed by atoms with E-state index in [1.165, 1.54) is 23.9 Å². The van der Waals surface area contributed by atoms with Crippen molar-refractivity contribution >= 4 is 39.3 Å². The number of pyridine rings is 1. The predicted octanol–water partition coefficient (Wildman–Crippen LogP) is 4.79. The van der Waals surface area contributed by atoms with Crippen molar-refractivity contribution < 1.29 is 4.39 Å². The molecule has 2 aromatic rings. The minimum absolute atomic E-state index is 0.255. The summed E-state index contributed by atoms with van der Waals surface area (Å²) in [5.41, 5.74) is 0. The molecule has 0 saturated heterocycles. The van der Waals surface area contributed by atoms with E-state index in [1.807, 2.05) is 6.07 Å². The molecule has 1 aromatic carbocycles. The molecule has 0 N–H and O–H groups in total. The summed E-state index contributed by atoms with van der Waals surface area (Å²) in [6.07, 6.45) is 1.56. The largest absolute Gasteiger partial charge is 0.247 e. The number of rotatable bonds is 2. The highest BCUT2D eigenvalue weighted by Gasteiger charge is 2.05. The third-order valence-electron chi connectivity index (χ3n) is 1.78. The summed E-state index contributed by atoms with van der Waals surface area (Å²) in [5.74, 6) is -0.255. The fourth-order valence-corrected chi connectivity index (χ4v) is 2.80. The van der Waals surface area contributed by atoms with Gasteiger partial charge in [0, 0.05) is 11.1 Å². The van der Waals surface area contributed by atoms with E-state index in [-0.39, 0.29) is 5.82 Å². The first kappa shape index (κ1) is 11.9. The maximum absolute atomic E-state index is 13.0. The van der Waals surface area contributed by atoms with E-state index in [0.717, 1.165) is 14.4 Å². The lowest BCUT2D eigenvalue weighted by Gasteiger charge is -2.03. The van der Waals surface area contributed by atoms with Crippen LogP contribution in [-0.4, -0.2) is 4.98 Å². The van der Waals surface area contributed by atoms with E-state index >= 15 is 0 Å². The zero-order chi connectivity index (χ0) is 11.5. The smallest absolute Gasteiger partial charge is 0.124 e. The summed E-state index contributed by atoms with van der Waals surface area (Å²) in [6.45, 7) is 0. The molecule has 5 heteroatoms. The Hall–Kier alpha value is -0.580. The highest BCUT2D eigenvalue weighted by Crippen LogP contribution is 2.33. The van der Waals surface area contributed by atoms with Gasteiger partial charge in [-0.3, -0.25) is 0 Å².